The average Bonchev–Trinajstić information content (AvgIpc) is 2.70. The summed E-state index contributed by atoms with van der Waals surface area (Å²) in [6.07, 6.45) is -2.64. The van der Waals surface area contributed by atoms with Gasteiger partial charge in [0.25, 0.3) is 15.9 Å². The van der Waals surface area contributed by atoms with Gasteiger partial charge in [-0.2, -0.15) is 8.42 Å². The van der Waals surface area contributed by atoms with Gasteiger partial charge in [-0.25, -0.2) is 16.1 Å². The van der Waals surface area contributed by atoms with Crippen molar-refractivity contribution in [3.05, 3.63) is 65.1 Å². The molecule has 30 heavy (non-hydrogen) atoms. The fraction of sp³-hybridized carbons (Fsp3) is 0.0625. The molecule has 1 amide bonds. The maximum absolute atomic E-state index is 12.6. The van der Waals surface area contributed by atoms with Crippen LogP contribution >= 0.6 is 0 Å². The maximum atomic E-state index is 12.6. The zero-order valence-corrected chi connectivity index (χ0v) is 15.7. The Balaban J connectivity index is 2.16. The van der Waals surface area contributed by atoms with Crippen molar-refractivity contribution in [3.8, 4) is 5.75 Å². The van der Waals surface area contributed by atoms with Crippen molar-refractivity contribution < 1.29 is 31.1 Å². The normalized spacial score (nSPS) is 11.9. The van der Waals surface area contributed by atoms with Crippen molar-refractivity contribution in [2.75, 3.05) is 4.41 Å². The number of sulfonamides is 1. The quantitative estimate of drug-likeness (QED) is 0.218. The molecule has 0 saturated heterocycles. The van der Waals surface area contributed by atoms with Gasteiger partial charge < -0.3 is 4.74 Å². The van der Waals surface area contributed by atoms with E-state index < -0.39 is 28.0 Å². The topological polar surface area (TPSA) is 148 Å². The van der Waals surface area contributed by atoms with Gasteiger partial charge in [-0.3, -0.25) is 4.79 Å². The highest BCUT2D eigenvalue weighted by Crippen LogP contribution is 2.26. The SMILES string of the molecule is NN(N=O)C(=O)/C=C/c1ccc(N(N)S(=O)(=O)c2ccc(OC(F)(F)F)cc2)cc1. The van der Waals surface area contributed by atoms with Crippen molar-refractivity contribution >= 4 is 27.7 Å². The molecule has 0 fully saturated rings. The summed E-state index contributed by atoms with van der Waals surface area (Å²) in [5.74, 6) is 9.19. The molecule has 0 saturated carbocycles. The van der Waals surface area contributed by atoms with Crippen LogP contribution in [0.15, 0.2) is 64.8 Å². The second kappa shape index (κ2) is 8.89. The number of benzene rings is 2. The largest absolute Gasteiger partial charge is 0.573 e. The monoisotopic (exact) mass is 445 g/mol. The van der Waals surface area contributed by atoms with Crippen LogP contribution in [0.3, 0.4) is 0 Å². The van der Waals surface area contributed by atoms with Crippen LogP contribution in [0, 0.1) is 4.91 Å². The molecule has 2 rings (SSSR count). The highest BCUT2D eigenvalue weighted by molar-refractivity contribution is 7.92. The van der Waals surface area contributed by atoms with E-state index in [4.69, 9.17) is 11.7 Å². The Morgan fingerprint density at radius 2 is 1.60 bits per heavy atom. The smallest absolute Gasteiger partial charge is 0.406 e. The molecule has 0 aliphatic rings. The van der Waals surface area contributed by atoms with Crippen LogP contribution in [0.5, 0.6) is 5.75 Å². The molecule has 0 heterocycles. The number of nitroso groups, excluding NO2 is 1. The number of carbonyl (C=O) groups excluding carboxylic acids is 1. The highest BCUT2D eigenvalue weighted by atomic mass is 32.2. The average molecular weight is 445 g/mol. The summed E-state index contributed by atoms with van der Waals surface area (Å²) >= 11 is 0. The number of rotatable bonds is 7. The van der Waals surface area contributed by atoms with Gasteiger partial charge in [-0.15, -0.1) is 23.2 Å². The molecule has 0 unspecified atom stereocenters. The lowest BCUT2D eigenvalue weighted by Crippen LogP contribution is -2.37. The first-order valence-electron chi connectivity index (χ1n) is 7.80. The van der Waals surface area contributed by atoms with Gasteiger partial charge in [0.2, 0.25) is 0 Å². The van der Waals surface area contributed by atoms with E-state index in [1.165, 1.54) is 30.3 Å². The van der Waals surface area contributed by atoms with E-state index in [9.17, 15) is 31.3 Å². The Hall–Kier alpha value is -3.49. The number of nitrogens with zero attached hydrogens (tertiary/aromatic N) is 3. The van der Waals surface area contributed by atoms with Gasteiger partial charge in [0.05, 0.1) is 15.9 Å². The molecule has 0 spiro atoms. The first-order chi connectivity index (χ1) is 13.9. The molecule has 0 aliphatic carbocycles. The zero-order chi connectivity index (χ0) is 22.5. The third-order valence-electron chi connectivity index (χ3n) is 3.49. The summed E-state index contributed by atoms with van der Waals surface area (Å²) in [6, 6.07) is 9.00. The Kier molecular flexibility index (Phi) is 6.76. The first-order valence-corrected chi connectivity index (χ1v) is 9.24. The third-order valence-corrected chi connectivity index (χ3v) is 5.09. The van der Waals surface area contributed by atoms with Gasteiger partial charge >= 0.3 is 6.36 Å². The Bertz CT molecular complexity index is 1040. The van der Waals surface area contributed by atoms with E-state index in [1.807, 2.05) is 0 Å². The zero-order valence-electron chi connectivity index (χ0n) is 14.9. The number of hydrogen-bond donors (Lipinski definition) is 2. The van der Waals surface area contributed by atoms with Crippen LogP contribution in [-0.4, -0.2) is 25.8 Å². The molecule has 0 aliphatic heterocycles. The van der Waals surface area contributed by atoms with Crippen molar-refractivity contribution in [1.29, 1.82) is 0 Å². The number of nitrogens with two attached hydrogens (primary N) is 2. The van der Waals surface area contributed by atoms with Gasteiger partial charge in [0.15, 0.2) is 0 Å². The molecule has 2 aromatic rings. The molecule has 0 aromatic heterocycles. The highest BCUT2D eigenvalue weighted by Gasteiger charge is 2.31. The predicted octanol–water partition coefficient (Wildman–Crippen LogP) is 2.05. The van der Waals surface area contributed by atoms with Crippen molar-refractivity contribution in [2.24, 2.45) is 17.0 Å². The number of amides is 1. The van der Waals surface area contributed by atoms with E-state index in [0.717, 1.165) is 30.3 Å². The lowest BCUT2D eigenvalue weighted by atomic mass is 10.2. The van der Waals surface area contributed by atoms with Gasteiger partial charge in [0.1, 0.15) is 5.75 Å². The Morgan fingerprint density at radius 3 is 2.10 bits per heavy atom. The first kappa shape index (κ1) is 22.8. The lowest BCUT2D eigenvalue weighted by molar-refractivity contribution is -0.274. The van der Waals surface area contributed by atoms with Crippen LogP contribution < -0.4 is 20.8 Å². The number of alkyl halides is 3. The fourth-order valence-corrected chi connectivity index (χ4v) is 3.19. The van der Waals surface area contributed by atoms with Crippen LogP contribution in [0.2, 0.25) is 0 Å². The van der Waals surface area contributed by atoms with E-state index in [-0.39, 0.29) is 15.7 Å². The summed E-state index contributed by atoms with van der Waals surface area (Å²) < 4.78 is 65.8. The molecule has 160 valence electrons. The van der Waals surface area contributed by atoms with Crippen LogP contribution in [-0.2, 0) is 14.8 Å². The summed E-state index contributed by atoms with van der Waals surface area (Å²) in [5, 5.41) is 2.31. The van der Waals surface area contributed by atoms with E-state index >= 15 is 0 Å². The predicted molar refractivity (Wildman–Crippen MR) is 99.3 cm³/mol. The number of hydrazine groups is 2. The van der Waals surface area contributed by atoms with Crippen LogP contribution in [0.1, 0.15) is 5.56 Å². The second-order valence-electron chi connectivity index (χ2n) is 5.51. The Morgan fingerprint density at radius 1 is 1.03 bits per heavy atom. The molecular weight excluding hydrogens is 431 g/mol. The lowest BCUT2D eigenvalue weighted by Gasteiger charge is -2.19. The Labute approximate surface area is 168 Å². The minimum absolute atomic E-state index is 0.0316. The number of anilines is 1. The number of hydrogen-bond acceptors (Lipinski definition) is 8. The van der Waals surface area contributed by atoms with E-state index in [2.05, 4.69) is 10.0 Å². The molecule has 0 radical (unpaired) electrons. The molecule has 0 atom stereocenters. The second-order valence-corrected chi connectivity index (χ2v) is 7.32. The van der Waals surface area contributed by atoms with Gasteiger partial charge in [0, 0.05) is 6.08 Å². The molecule has 0 bridgehead atoms. The minimum atomic E-state index is -4.91. The number of ether oxygens (including phenoxy) is 1. The van der Waals surface area contributed by atoms with Crippen LogP contribution in [0.25, 0.3) is 6.08 Å². The van der Waals surface area contributed by atoms with E-state index in [0.29, 0.717) is 9.98 Å². The molecule has 14 heteroatoms. The van der Waals surface area contributed by atoms with Gasteiger partial charge in [-0.05, 0) is 48.0 Å². The summed E-state index contributed by atoms with van der Waals surface area (Å²) in [6.45, 7) is 0. The molecule has 4 N–H and O–H groups in total. The van der Waals surface area contributed by atoms with Crippen molar-refractivity contribution in [2.45, 2.75) is 11.3 Å². The summed E-state index contributed by atoms with van der Waals surface area (Å²) in [7, 11) is -4.27. The third kappa shape index (κ3) is 5.76. The van der Waals surface area contributed by atoms with Crippen LogP contribution in [0.4, 0.5) is 18.9 Å². The molecule has 2 aromatic carbocycles. The molecular formula is C16H14F3N5O5S. The maximum Gasteiger partial charge on any atom is 0.573 e. The number of carbonyl (C=O) groups is 1. The fourth-order valence-electron chi connectivity index (χ4n) is 2.08. The van der Waals surface area contributed by atoms with Crippen molar-refractivity contribution in [1.82, 2.24) is 5.12 Å². The summed E-state index contributed by atoms with van der Waals surface area (Å²) in [5.41, 5.74) is 0.481. The standard InChI is InChI=1S/C16H14F3N5O5S/c17-16(18,19)29-13-6-8-14(9-7-13)30(27,28)24(21)12-4-1-11(2-5-12)3-10-15(25)23(20)22-26/h1-10H,20-21H2/b10-3+. The van der Waals surface area contributed by atoms with Gasteiger partial charge in [-0.1, -0.05) is 12.1 Å². The van der Waals surface area contributed by atoms with Crippen molar-refractivity contribution in [3.63, 3.8) is 0 Å². The molecule has 10 nitrogen and oxygen atoms in total. The number of halogens is 3. The van der Waals surface area contributed by atoms with E-state index in [1.54, 1.807) is 0 Å². The summed E-state index contributed by atoms with van der Waals surface area (Å²) in [4.78, 5) is 21.1. The minimum Gasteiger partial charge on any atom is -0.406 e.